The lowest BCUT2D eigenvalue weighted by Gasteiger charge is -2.06. The lowest BCUT2D eigenvalue weighted by molar-refractivity contribution is 0.112. The van der Waals surface area contributed by atoms with Gasteiger partial charge in [0.2, 0.25) is 5.43 Å². The van der Waals surface area contributed by atoms with Crippen LogP contribution in [0, 0.1) is 0 Å². The summed E-state index contributed by atoms with van der Waals surface area (Å²) in [6.45, 7) is 0. The minimum absolute atomic E-state index is 0.0477. The molecule has 2 rings (SSSR count). The van der Waals surface area contributed by atoms with Crippen molar-refractivity contribution in [3.05, 3.63) is 40.2 Å². The van der Waals surface area contributed by atoms with Crippen molar-refractivity contribution in [3.8, 4) is 5.75 Å². The number of hydrogen-bond acceptors (Lipinski definition) is 3. The zero-order valence-corrected chi connectivity index (χ0v) is 8.10. The van der Waals surface area contributed by atoms with Crippen LogP contribution in [0.2, 0.25) is 0 Å². The number of nitrogens with zero attached hydrogens (tertiary/aromatic N) is 1. The predicted octanol–water partition coefficient (Wildman–Crippen LogP) is 1.06. The standard InChI is InChI=1S/C11H9NO3/c1-12-5-7(6-13)11(15)10-8(12)3-2-4-9(10)14/h2-6,14H,1H3. The second kappa shape index (κ2) is 3.24. The van der Waals surface area contributed by atoms with E-state index >= 15 is 0 Å². The number of pyridine rings is 1. The van der Waals surface area contributed by atoms with Gasteiger partial charge in [-0.05, 0) is 12.1 Å². The minimum atomic E-state index is -0.434. The van der Waals surface area contributed by atoms with Gasteiger partial charge < -0.3 is 9.67 Å². The number of rotatable bonds is 1. The summed E-state index contributed by atoms with van der Waals surface area (Å²) in [7, 11) is 1.72. The number of phenolic OH excluding ortho intramolecular Hbond substituents is 1. The quantitative estimate of drug-likeness (QED) is 0.705. The molecule has 0 atom stereocenters. The third-order valence-electron chi connectivity index (χ3n) is 2.35. The minimum Gasteiger partial charge on any atom is -0.507 e. The maximum atomic E-state index is 11.7. The van der Waals surface area contributed by atoms with E-state index in [1.54, 1.807) is 23.7 Å². The third kappa shape index (κ3) is 1.30. The number of aromatic nitrogens is 1. The lowest BCUT2D eigenvalue weighted by atomic mass is 10.1. The van der Waals surface area contributed by atoms with Crippen LogP contribution in [0.1, 0.15) is 10.4 Å². The maximum absolute atomic E-state index is 11.7. The second-order valence-corrected chi connectivity index (χ2v) is 3.31. The van der Waals surface area contributed by atoms with Crippen LogP contribution in [0.3, 0.4) is 0 Å². The zero-order chi connectivity index (χ0) is 11.0. The molecule has 0 radical (unpaired) electrons. The Hall–Kier alpha value is -2.10. The molecule has 1 aromatic carbocycles. The number of hydrogen-bond donors (Lipinski definition) is 1. The Morgan fingerprint density at radius 3 is 2.80 bits per heavy atom. The van der Waals surface area contributed by atoms with Crippen LogP contribution >= 0.6 is 0 Å². The number of aromatic hydroxyl groups is 1. The molecule has 0 unspecified atom stereocenters. The first kappa shape index (κ1) is 9.45. The summed E-state index contributed by atoms with van der Waals surface area (Å²) in [5.74, 6) is -0.100. The fraction of sp³-hybridized carbons (Fsp3) is 0.0909. The fourth-order valence-corrected chi connectivity index (χ4v) is 1.62. The number of phenols is 1. The lowest BCUT2D eigenvalue weighted by Crippen LogP contribution is -2.12. The Labute approximate surface area is 85.4 Å². The van der Waals surface area contributed by atoms with E-state index in [-0.39, 0.29) is 16.7 Å². The molecular weight excluding hydrogens is 194 g/mol. The Morgan fingerprint density at radius 2 is 2.13 bits per heavy atom. The molecule has 0 aliphatic carbocycles. The Balaban J connectivity index is 3.08. The second-order valence-electron chi connectivity index (χ2n) is 3.31. The molecule has 0 bridgehead atoms. The maximum Gasteiger partial charge on any atom is 0.203 e. The summed E-state index contributed by atoms with van der Waals surface area (Å²) in [6.07, 6.45) is 1.95. The van der Waals surface area contributed by atoms with Crippen LogP contribution in [0.4, 0.5) is 0 Å². The van der Waals surface area contributed by atoms with Gasteiger partial charge in [-0.2, -0.15) is 0 Å². The largest absolute Gasteiger partial charge is 0.507 e. The molecule has 4 heteroatoms. The van der Waals surface area contributed by atoms with Crippen LogP contribution in [0.25, 0.3) is 10.9 Å². The van der Waals surface area contributed by atoms with Crippen molar-refractivity contribution < 1.29 is 9.90 Å². The summed E-state index contributed by atoms with van der Waals surface area (Å²) in [6, 6.07) is 4.79. The molecule has 0 aliphatic heterocycles. The molecule has 1 heterocycles. The molecule has 0 spiro atoms. The summed E-state index contributed by atoms with van der Waals surface area (Å²) >= 11 is 0. The molecule has 76 valence electrons. The normalized spacial score (nSPS) is 10.5. The zero-order valence-electron chi connectivity index (χ0n) is 8.10. The topological polar surface area (TPSA) is 59.3 Å². The molecular formula is C11H9NO3. The molecule has 2 aromatic rings. The molecule has 1 aromatic heterocycles. The van der Waals surface area contributed by atoms with Crippen molar-refractivity contribution in [2.45, 2.75) is 0 Å². The van der Waals surface area contributed by atoms with E-state index in [0.29, 0.717) is 11.8 Å². The Bertz CT molecular complexity index is 599. The Morgan fingerprint density at radius 1 is 1.40 bits per heavy atom. The van der Waals surface area contributed by atoms with Gasteiger partial charge in [0, 0.05) is 13.2 Å². The van der Waals surface area contributed by atoms with Gasteiger partial charge in [0.25, 0.3) is 0 Å². The average molecular weight is 203 g/mol. The van der Waals surface area contributed by atoms with Gasteiger partial charge in [-0.1, -0.05) is 6.07 Å². The van der Waals surface area contributed by atoms with Crippen LogP contribution in [0.15, 0.2) is 29.2 Å². The number of aryl methyl sites for hydroxylation is 1. The van der Waals surface area contributed by atoms with E-state index in [1.807, 2.05) is 0 Å². The van der Waals surface area contributed by atoms with Crippen molar-refractivity contribution in [1.29, 1.82) is 0 Å². The smallest absolute Gasteiger partial charge is 0.203 e. The first-order chi connectivity index (χ1) is 7.15. The Kier molecular flexibility index (Phi) is 2.04. The van der Waals surface area contributed by atoms with Gasteiger partial charge in [0.05, 0.1) is 16.5 Å². The molecule has 0 amide bonds. The highest BCUT2D eigenvalue weighted by Gasteiger charge is 2.09. The number of aldehydes is 1. The van der Waals surface area contributed by atoms with E-state index in [9.17, 15) is 14.7 Å². The average Bonchev–Trinajstić information content (AvgIpc) is 2.23. The van der Waals surface area contributed by atoms with E-state index in [1.165, 1.54) is 12.3 Å². The van der Waals surface area contributed by atoms with Crippen LogP contribution in [-0.2, 0) is 7.05 Å². The first-order valence-corrected chi connectivity index (χ1v) is 4.41. The number of benzene rings is 1. The summed E-state index contributed by atoms with van der Waals surface area (Å²) in [5, 5.41) is 9.75. The molecule has 1 N–H and O–H groups in total. The summed E-state index contributed by atoms with van der Waals surface area (Å²) in [4.78, 5) is 22.4. The fourth-order valence-electron chi connectivity index (χ4n) is 1.62. The molecule has 0 aliphatic rings. The van der Waals surface area contributed by atoms with Crippen LogP contribution in [0.5, 0.6) is 5.75 Å². The monoisotopic (exact) mass is 203 g/mol. The van der Waals surface area contributed by atoms with Crippen molar-refractivity contribution in [1.82, 2.24) is 4.57 Å². The molecule has 4 nitrogen and oxygen atoms in total. The predicted molar refractivity (Wildman–Crippen MR) is 56.2 cm³/mol. The molecule has 0 fully saturated rings. The highest BCUT2D eigenvalue weighted by molar-refractivity contribution is 5.89. The highest BCUT2D eigenvalue weighted by Crippen LogP contribution is 2.20. The van der Waals surface area contributed by atoms with E-state index in [4.69, 9.17) is 0 Å². The van der Waals surface area contributed by atoms with Crippen molar-refractivity contribution in [3.63, 3.8) is 0 Å². The number of fused-ring (bicyclic) bond motifs is 1. The van der Waals surface area contributed by atoms with Crippen LogP contribution < -0.4 is 5.43 Å². The van der Waals surface area contributed by atoms with Crippen LogP contribution in [-0.4, -0.2) is 16.0 Å². The van der Waals surface area contributed by atoms with Crippen molar-refractivity contribution in [2.75, 3.05) is 0 Å². The van der Waals surface area contributed by atoms with Gasteiger partial charge in [0.15, 0.2) is 6.29 Å². The van der Waals surface area contributed by atoms with E-state index in [0.717, 1.165) is 0 Å². The van der Waals surface area contributed by atoms with Gasteiger partial charge in [-0.15, -0.1) is 0 Å². The van der Waals surface area contributed by atoms with Crippen molar-refractivity contribution >= 4 is 17.2 Å². The molecule has 0 saturated carbocycles. The molecule has 15 heavy (non-hydrogen) atoms. The van der Waals surface area contributed by atoms with Gasteiger partial charge in [-0.3, -0.25) is 9.59 Å². The third-order valence-corrected chi connectivity index (χ3v) is 2.35. The molecule has 0 saturated heterocycles. The highest BCUT2D eigenvalue weighted by atomic mass is 16.3. The van der Waals surface area contributed by atoms with Gasteiger partial charge in [-0.25, -0.2) is 0 Å². The SMILES string of the molecule is Cn1cc(C=O)c(=O)c2c(O)cccc21. The summed E-state index contributed by atoms with van der Waals surface area (Å²) < 4.78 is 1.64. The van der Waals surface area contributed by atoms with E-state index < -0.39 is 5.43 Å². The number of carbonyl (C=O) groups is 1. The summed E-state index contributed by atoms with van der Waals surface area (Å²) in [5.41, 5.74) is 0.216. The number of carbonyl (C=O) groups excluding carboxylic acids is 1. The van der Waals surface area contributed by atoms with Gasteiger partial charge in [0.1, 0.15) is 5.75 Å². The first-order valence-electron chi connectivity index (χ1n) is 4.41. The van der Waals surface area contributed by atoms with E-state index in [2.05, 4.69) is 0 Å². The van der Waals surface area contributed by atoms with Crippen molar-refractivity contribution in [2.24, 2.45) is 7.05 Å². The van der Waals surface area contributed by atoms with Gasteiger partial charge >= 0.3 is 0 Å².